The standard InChI is InChI=1S/C14H28N4O3/c1-4-9(8-17-10(5-2)13(15)20)7-12(19)18-11(6-3)14(16)21/h9-11,17H,4-8H2,1-3H3,(H2,15,20)(H2,16,21)(H,18,19)/t9-,10+,11+/m1/s1. The molecule has 0 unspecified atom stereocenters. The highest BCUT2D eigenvalue weighted by molar-refractivity contribution is 5.86. The van der Waals surface area contributed by atoms with Crippen LogP contribution in [-0.2, 0) is 14.4 Å². The SMILES string of the molecule is CC[C@@H](CN[C@@H](CC)C(N)=O)CC(=O)N[C@@H](CC)C(N)=O. The van der Waals surface area contributed by atoms with Gasteiger partial charge in [0.1, 0.15) is 6.04 Å². The van der Waals surface area contributed by atoms with Crippen LogP contribution in [-0.4, -0.2) is 36.3 Å². The zero-order valence-electron chi connectivity index (χ0n) is 13.1. The van der Waals surface area contributed by atoms with Gasteiger partial charge in [-0.15, -0.1) is 0 Å². The Bertz CT molecular complexity index is 360. The highest BCUT2D eigenvalue weighted by Crippen LogP contribution is 2.08. The highest BCUT2D eigenvalue weighted by atomic mass is 16.2. The highest BCUT2D eigenvalue weighted by Gasteiger charge is 2.20. The maximum absolute atomic E-state index is 11.9. The van der Waals surface area contributed by atoms with E-state index in [1.165, 1.54) is 0 Å². The zero-order chi connectivity index (χ0) is 16.4. The number of hydrogen-bond acceptors (Lipinski definition) is 4. The molecule has 122 valence electrons. The number of rotatable bonds is 11. The van der Waals surface area contributed by atoms with Gasteiger partial charge in [0, 0.05) is 6.42 Å². The largest absolute Gasteiger partial charge is 0.368 e. The second-order valence-corrected chi connectivity index (χ2v) is 5.18. The Labute approximate surface area is 126 Å². The monoisotopic (exact) mass is 300 g/mol. The van der Waals surface area contributed by atoms with Gasteiger partial charge in [-0.25, -0.2) is 0 Å². The molecule has 21 heavy (non-hydrogen) atoms. The molecule has 0 saturated heterocycles. The summed E-state index contributed by atoms with van der Waals surface area (Å²) in [7, 11) is 0. The van der Waals surface area contributed by atoms with E-state index < -0.39 is 17.9 Å². The van der Waals surface area contributed by atoms with E-state index in [1.54, 1.807) is 6.92 Å². The van der Waals surface area contributed by atoms with E-state index in [0.29, 0.717) is 19.4 Å². The van der Waals surface area contributed by atoms with Gasteiger partial charge in [0.05, 0.1) is 6.04 Å². The van der Waals surface area contributed by atoms with Gasteiger partial charge in [0.25, 0.3) is 0 Å². The van der Waals surface area contributed by atoms with Crippen molar-refractivity contribution in [2.45, 2.75) is 58.5 Å². The molecular weight excluding hydrogens is 272 g/mol. The minimum atomic E-state index is -0.628. The van der Waals surface area contributed by atoms with Crippen molar-refractivity contribution >= 4 is 17.7 Å². The molecule has 3 amide bonds. The van der Waals surface area contributed by atoms with Gasteiger partial charge in [0.2, 0.25) is 17.7 Å². The Morgan fingerprint density at radius 2 is 1.43 bits per heavy atom. The number of nitrogens with one attached hydrogen (secondary N) is 2. The molecule has 0 bridgehead atoms. The summed E-state index contributed by atoms with van der Waals surface area (Å²) in [5, 5.41) is 5.69. The summed E-state index contributed by atoms with van der Waals surface area (Å²) in [6, 6.07) is -1.01. The molecule has 0 aliphatic carbocycles. The molecule has 0 aromatic heterocycles. The predicted molar refractivity (Wildman–Crippen MR) is 81.1 cm³/mol. The van der Waals surface area contributed by atoms with E-state index in [2.05, 4.69) is 10.6 Å². The first-order valence-corrected chi connectivity index (χ1v) is 7.46. The zero-order valence-corrected chi connectivity index (χ0v) is 13.1. The van der Waals surface area contributed by atoms with Crippen molar-refractivity contribution in [3.05, 3.63) is 0 Å². The van der Waals surface area contributed by atoms with Crippen molar-refractivity contribution in [1.82, 2.24) is 10.6 Å². The summed E-state index contributed by atoms with van der Waals surface area (Å²) in [6.07, 6.45) is 2.14. The van der Waals surface area contributed by atoms with Crippen molar-refractivity contribution in [2.24, 2.45) is 17.4 Å². The number of primary amides is 2. The second kappa shape index (κ2) is 10.1. The van der Waals surface area contributed by atoms with Crippen LogP contribution in [0.1, 0.15) is 46.5 Å². The molecule has 0 rings (SSSR count). The van der Waals surface area contributed by atoms with Crippen molar-refractivity contribution < 1.29 is 14.4 Å². The van der Waals surface area contributed by atoms with E-state index in [0.717, 1.165) is 6.42 Å². The lowest BCUT2D eigenvalue weighted by atomic mass is 10.0. The molecule has 0 aromatic rings. The summed E-state index contributed by atoms with van der Waals surface area (Å²) >= 11 is 0. The van der Waals surface area contributed by atoms with Crippen LogP contribution in [0.15, 0.2) is 0 Å². The molecular formula is C14H28N4O3. The number of carbonyl (C=O) groups is 3. The predicted octanol–water partition coefficient (Wildman–Crippen LogP) is -0.364. The van der Waals surface area contributed by atoms with Gasteiger partial charge >= 0.3 is 0 Å². The Morgan fingerprint density at radius 1 is 0.905 bits per heavy atom. The Morgan fingerprint density at radius 3 is 1.81 bits per heavy atom. The number of nitrogens with two attached hydrogens (primary N) is 2. The van der Waals surface area contributed by atoms with Crippen LogP contribution in [0.4, 0.5) is 0 Å². The molecule has 6 N–H and O–H groups in total. The quantitative estimate of drug-likeness (QED) is 0.415. The fourth-order valence-corrected chi connectivity index (χ4v) is 2.01. The molecule has 0 spiro atoms. The summed E-state index contributed by atoms with van der Waals surface area (Å²) < 4.78 is 0. The van der Waals surface area contributed by atoms with Gasteiger partial charge in [-0.3, -0.25) is 14.4 Å². The molecule has 0 aliphatic rings. The Kier molecular flexibility index (Phi) is 9.36. The van der Waals surface area contributed by atoms with Crippen LogP contribution >= 0.6 is 0 Å². The van der Waals surface area contributed by atoms with Gasteiger partial charge in [-0.2, -0.15) is 0 Å². The lowest BCUT2D eigenvalue weighted by Crippen LogP contribution is -2.46. The lowest BCUT2D eigenvalue weighted by molar-refractivity contribution is -0.128. The first-order chi connectivity index (χ1) is 9.85. The summed E-state index contributed by atoms with van der Waals surface area (Å²) in [4.78, 5) is 34.1. The van der Waals surface area contributed by atoms with Crippen molar-refractivity contribution in [2.75, 3.05) is 6.54 Å². The van der Waals surface area contributed by atoms with Crippen LogP contribution in [0.3, 0.4) is 0 Å². The van der Waals surface area contributed by atoms with Crippen molar-refractivity contribution in [3.63, 3.8) is 0 Å². The number of hydrogen-bond donors (Lipinski definition) is 4. The van der Waals surface area contributed by atoms with E-state index in [-0.39, 0.29) is 24.3 Å². The van der Waals surface area contributed by atoms with Crippen LogP contribution in [0, 0.1) is 5.92 Å². The van der Waals surface area contributed by atoms with Crippen molar-refractivity contribution in [1.29, 1.82) is 0 Å². The summed E-state index contributed by atoms with van der Waals surface area (Å²) in [6.45, 7) is 6.15. The molecule has 0 aromatic carbocycles. The molecule has 0 heterocycles. The second-order valence-electron chi connectivity index (χ2n) is 5.18. The molecule has 0 saturated carbocycles. The molecule has 0 fully saturated rings. The minimum Gasteiger partial charge on any atom is -0.368 e. The van der Waals surface area contributed by atoms with Crippen molar-refractivity contribution in [3.8, 4) is 0 Å². The average Bonchev–Trinajstić information content (AvgIpc) is 2.43. The normalized spacial score (nSPS) is 15.0. The Balaban J connectivity index is 4.33. The number of carbonyl (C=O) groups excluding carboxylic acids is 3. The van der Waals surface area contributed by atoms with Crippen LogP contribution in [0.2, 0.25) is 0 Å². The van der Waals surface area contributed by atoms with E-state index >= 15 is 0 Å². The topological polar surface area (TPSA) is 127 Å². The smallest absolute Gasteiger partial charge is 0.239 e. The molecule has 7 nitrogen and oxygen atoms in total. The number of amides is 3. The fourth-order valence-electron chi connectivity index (χ4n) is 2.01. The molecule has 0 radical (unpaired) electrons. The maximum Gasteiger partial charge on any atom is 0.239 e. The van der Waals surface area contributed by atoms with Crippen LogP contribution < -0.4 is 22.1 Å². The lowest BCUT2D eigenvalue weighted by Gasteiger charge is -2.20. The first-order valence-electron chi connectivity index (χ1n) is 7.46. The van der Waals surface area contributed by atoms with Gasteiger partial charge in [-0.1, -0.05) is 27.2 Å². The van der Waals surface area contributed by atoms with Crippen LogP contribution in [0.25, 0.3) is 0 Å². The summed E-state index contributed by atoms with van der Waals surface area (Å²) in [5.74, 6) is -1.06. The molecule has 3 atom stereocenters. The Hall–Kier alpha value is -1.63. The third-order valence-electron chi connectivity index (χ3n) is 3.54. The maximum atomic E-state index is 11.9. The van der Waals surface area contributed by atoms with Gasteiger partial charge in [0.15, 0.2) is 0 Å². The van der Waals surface area contributed by atoms with Gasteiger partial charge < -0.3 is 22.1 Å². The fraction of sp³-hybridized carbons (Fsp3) is 0.786. The third kappa shape index (κ3) is 7.65. The minimum absolute atomic E-state index is 0.0729. The molecule has 7 heteroatoms. The molecule has 0 aliphatic heterocycles. The van der Waals surface area contributed by atoms with E-state index in [9.17, 15) is 14.4 Å². The van der Waals surface area contributed by atoms with E-state index in [1.807, 2.05) is 13.8 Å². The third-order valence-corrected chi connectivity index (χ3v) is 3.54. The first kappa shape index (κ1) is 19.4. The van der Waals surface area contributed by atoms with E-state index in [4.69, 9.17) is 11.5 Å². The average molecular weight is 300 g/mol. The van der Waals surface area contributed by atoms with Crippen LogP contribution in [0.5, 0.6) is 0 Å². The summed E-state index contributed by atoms with van der Waals surface area (Å²) in [5.41, 5.74) is 10.5. The van der Waals surface area contributed by atoms with Gasteiger partial charge in [-0.05, 0) is 25.3 Å².